The largest absolute Gasteiger partial charge is 0.312 e. The van der Waals surface area contributed by atoms with E-state index in [1.807, 2.05) is 0 Å². The van der Waals surface area contributed by atoms with Crippen molar-refractivity contribution in [2.45, 2.75) is 38.1 Å². The van der Waals surface area contributed by atoms with Gasteiger partial charge in [0.25, 0.3) is 0 Å². The van der Waals surface area contributed by atoms with Crippen LogP contribution in [-0.4, -0.2) is 26.8 Å². The molecule has 0 aromatic rings. The molecule has 0 saturated heterocycles. The second-order valence-electron chi connectivity index (χ2n) is 6.28. The molecular formula is C12H22N2O2S. The maximum absolute atomic E-state index is 10.9. The Morgan fingerprint density at radius 2 is 1.53 bits per heavy atom. The SMILES string of the molecule is NS(=O)(=O)CCNC1C2CC3CC(C2)CC1C3. The van der Waals surface area contributed by atoms with Gasteiger partial charge < -0.3 is 5.32 Å². The molecule has 4 fully saturated rings. The lowest BCUT2D eigenvalue weighted by atomic mass is 9.54. The van der Waals surface area contributed by atoms with Crippen molar-refractivity contribution in [2.75, 3.05) is 12.3 Å². The van der Waals surface area contributed by atoms with Gasteiger partial charge in [-0.05, 0) is 55.8 Å². The Bertz CT molecular complexity index is 365. The van der Waals surface area contributed by atoms with E-state index in [9.17, 15) is 8.42 Å². The number of hydrogen-bond donors (Lipinski definition) is 2. The van der Waals surface area contributed by atoms with Gasteiger partial charge in [0.2, 0.25) is 10.0 Å². The summed E-state index contributed by atoms with van der Waals surface area (Å²) in [5, 5.41) is 8.49. The molecule has 0 aromatic heterocycles. The fraction of sp³-hybridized carbons (Fsp3) is 1.00. The Balaban J connectivity index is 1.57. The van der Waals surface area contributed by atoms with Crippen LogP contribution in [0.5, 0.6) is 0 Å². The highest BCUT2D eigenvalue weighted by Crippen LogP contribution is 2.53. The van der Waals surface area contributed by atoms with E-state index in [4.69, 9.17) is 5.14 Å². The molecule has 4 aliphatic carbocycles. The van der Waals surface area contributed by atoms with Crippen LogP contribution in [0, 0.1) is 23.7 Å². The van der Waals surface area contributed by atoms with Crippen LogP contribution in [0.4, 0.5) is 0 Å². The Kier molecular flexibility index (Phi) is 2.96. The minimum Gasteiger partial charge on any atom is -0.312 e. The zero-order valence-corrected chi connectivity index (χ0v) is 11.0. The third-order valence-corrected chi connectivity index (χ3v) is 5.77. The highest BCUT2D eigenvalue weighted by molar-refractivity contribution is 7.89. The van der Waals surface area contributed by atoms with Crippen molar-refractivity contribution in [3.05, 3.63) is 0 Å². The first kappa shape index (κ1) is 11.9. The van der Waals surface area contributed by atoms with Crippen molar-refractivity contribution in [3.63, 3.8) is 0 Å². The van der Waals surface area contributed by atoms with Gasteiger partial charge in [0.05, 0.1) is 5.75 Å². The lowest BCUT2D eigenvalue weighted by Gasteiger charge is -2.54. The number of sulfonamides is 1. The lowest BCUT2D eigenvalue weighted by molar-refractivity contribution is -0.0129. The van der Waals surface area contributed by atoms with Crippen LogP contribution in [0.25, 0.3) is 0 Å². The van der Waals surface area contributed by atoms with Gasteiger partial charge in [-0.15, -0.1) is 0 Å². The van der Waals surface area contributed by atoms with E-state index in [-0.39, 0.29) is 5.75 Å². The molecule has 98 valence electrons. The molecule has 3 N–H and O–H groups in total. The van der Waals surface area contributed by atoms with E-state index in [1.165, 1.54) is 32.1 Å². The first-order chi connectivity index (χ1) is 8.01. The van der Waals surface area contributed by atoms with Crippen molar-refractivity contribution in [3.8, 4) is 0 Å². The van der Waals surface area contributed by atoms with Crippen molar-refractivity contribution in [1.29, 1.82) is 0 Å². The Morgan fingerprint density at radius 3 is 2.00 bits per heavy atom. The van der Waals surface area contributed by atoms with Crippen LogP contribution in [0.3, 0.4) is 0 Å². The number of nitrogens with two attached hydrogens (primary N) is 1. The van der Waals surface area contributed by atoms with E-state index >= 15 is 0 Å². The predicted octanol–water partition coefficient (Wildman–Crippen LogP) is 0.689. The second-order valence-corrected chi connectivity index (χ2v) is 8.01. The standard InChI is InChI=1S/C12H22N2O2S/c13-17(15,16)2-1-14-12-10-4-8-3-9(6-10)7-11(12)5-8/h8-12,14H,1-7H2,(H2,13,15,16). The lowest BCUT2D eigenvalue weighted by Crippen LogP contribution is -2.55. The minimum absolute atomic E-state index is 0.0653. The van der Waals surface area contributed by atoms with Crippen LogP contribution >= 0.6 is 0 Å². The van der Waals surface area contributed by atoms with E-state index < -0.39 is 10.0 Å². The molecule has 4 bridgehead atoms. The molecule has 4 saturated carbocycles. The monoisotopic (exact) mass is 258 g/mol. The number of hydrogen-bond acceptors (Lipinski definition) is 3. The summed E-state index contributed by atoms with van der Waals surface area (Å²) < 4.78 is 21.8. The third-order valence-electron chi connectivity index (χ3n) is 4.99. The molecule has 4 aliphatic rings. The Morgan fingerprint density at radius 1 is 1.00 bits per heavy atom. The normalized spacial score (nSPS) is 44.2. The topological polar surface area (TPSA) is 72.2 Å². The Labute approximate surface area is 103 Å². The maximum atomic E-state index is 10.9. The maximum Gasteiger partial charge on any atom is 0.210 e. The van der Waals surface area contributed by atoms with Crippen LogP contribution < -0.4 is 10.5 Å². The molecule has 0 aliphatic heterocycles. The van der Waals surface area contributed by atoms with Gasteiger partial charge in [-0.25, -0.2) is 13.6 Å². The van der Waals surface area contributed by atoms with E-state index in [0.29, 0.717) is 12.6 Å². The molecule has 0 atom stereocenters. The molecule has 0 heterocycles. The van der Waals surface area contributed by atoms with Gasteiger partial charge in [-0.2, -0.15) is 0 Å². The van der Waals surface area contributed by atoms with Gasteiger partial charge in [-0.1, -0.05) is 0 Å². The average Bonchev–Trinajstić information content (AvgIpc) is 2.19. The summed E-state index contributed by atoms with van der Waals surface area (Å²) in [7, 11) is -3.31. The number of nitrogens with one attached hydrogen (secondary N) is 1. The molecule has 5 heteroatoms. The molecule has 0 radical (unpaired) electrons. The molecule has 0 spiro atoms. The van der Waals surface area contributed by atoms with E-state index in [1.54, 1.807) is 0 Å². The number of primary sulfonamides is 1. The van der Waals surface area contributed by atoms with Gasteiger partial charge >= 0.3 is 0 Å². The summed E-state index contributed by atoms with van der Waals surface area (Å²) in [4.78, 5) is 0. The molecule has 0 amide bonds. The van der Waals surface area contributed by atoms with Crippen molar-refractivity contribution in [1.82, 2.24) is 5.32 Å². The van der Waals surface area contributed by atoms with Crippen LogP contribution in [0.15, 0.2) is 0 Å². The van der Waals surface area contributed by atoms with Crippen molar-refractivity contribution in [2.24, 2.45) is 28.8 Å². The highest BCUT2D eigenvalue weighted by Gasteiger charge is 2.47. The molecule has 4 rings (SSSR count). The average molecular weight is 258 g/mol. The van der Waals surface area contributed by atoms with Gasteiger partial charge in [-0.3, -0.25) is 0 Å². The first-order valence-electron chi connectivity index (χ1n) is 6.75. The molecule has 0 aromatic carbocycles. The fourth-order valence-electron chi connectivity index (χ4n) is 4.63. The third kappa shape index (κ3) is 2.51. The van der Waals surface area contributed by atoms with Crippen LogP contribution in [-0.2, 0) is 10.0 Å². The molecular weight excluding hydrogens is 236 g/mol. The zero-order chi connectivity index (χ0) is 12.0. The molecule has 17 heavy (non-hydrogen) atoms. The minimum atomic E-state index is -3.31. The number of rotatable bonds is 4. The fourth-order valence-corrected chi connectivity index (χ4v) is 5.03. The highest BCUT2D eigenvalue weighted by atomic mass is 32.2. The summed E-state index contributed by atoms with van der Waals surface area (Å²) in [5.74, 6) is 3.59. The van der Waals surface area contributed by atoms with Crippen molar-refractivity contribution < 1.29 is 8.42 Å². The second kappa shape index (κ2) is 4.21. The van der Waals surface area contributed by atoms with Gasteiger partial charge in [0.1, 0.15) is 0 Å². The van der Waals surface area contributed by atoms with Gasteiger partial charge in [0.15, 0.2) is 0 Å². The predicted molar refractivity (Wildman–Crippen MR) is 66.8 cm³/mol. The van der Waals surface area contributed by atoms with Crippen molar-refractivity contribution >= 4 is 10.0 Å². The zero-order valence-electron chi connectivity index (χ0n) is 10.1. The summed E-state index contributed by atoms with van der Waals surface area (Å²) in [6.07, 6.45) is 6.90. The smallest absolute Gasteiger partial charge is 0.210 e. The van der Waals surface area contributed by atoms with E-state index in [2.05, 4.69) is 5.32 Å². The summed E-state index contributed by atoms with van der Waals surface area (Å²) in [5.41, 5.74) is 0. The summed E-state index contributed by atoms with van der Waals surface area (Å²) >= 11 is 0. The van der Waals surface area contributed by atoms with Gasteiger partial charge in [0, 0.05) is 12.6 Å². The first-order valence-corrected chi connectivity index (χ1v) is 8.46. The summed E-state index contributed by atoms with van der Waals surface area (Å²) in [6, 6.07) is 0.560. The van der Waals surface area contributed by atoms with Crippen LogP contribution in [0.1, 0.15) is 32.1 Å². The molecule has 0 unspecified atom stereocenters. The summed E-state index contributed by atoms with van der Waals surface area (Å²) in [6.45, 7) is 0.520. The van der Waals surface area contributed by atoms with Crippen LogP contribution in [0.2, 0.25) is 0 Å². The molecule has 4 nitrogen and oxygen atoms in total. The Hall–Kier alpha value is -0.130. The van der Waals surface area contributed by atoms with E-state index in [0.717, 1.165) is 23.7 Å². The quantitative estimate of drug-likeness (QED) is 0.779.